The number of amides is 2. The van der Waals surface area contributed by atoms with E-state index in [1.807, 2.05) is 25.2 Å². The summed E-state index contributed by atoms with van der Waals surface area (Å²) in [6.45, 7) is 1.62. The molecule has 8 nitrogen and oxygen atoms in total. The molecule has 0 radical (unpaired) electrons. The zero-order valence-electron chi connectivity index (χ0n) is 19.8. The van der Waals surface area contributed by atoms with Crippen molar-refractivity contribution in [1.82, 2.24) is 14.6 Å². The average molecular weight is 493 g/mol. The molecule has 0 bridgehead atoms. The van der Waals surface area contributed by atoms with E-state index in [9.17, 15) is 13.2 Å². The molecule has 0 spiro atoms. The number of fused-ring (bicyclic) bond motifs is 2. The summed E-state index contributed by atoms with van der Waals surface area (Å²) in [5.74, 6) is 0.457. The van der Waals surface area contributed by atoms with E-state index in [-0.39, 0.29) is 4.90 Å². The summed E-state index contributed by atoms with van der Waals surface area (Å²) in [7, 11) is -0.493. The SMILES string of the molecule is COc1cc(-c2ccc3c(c2NC(=O)NS(=O)(=O)c2ccc4c(c2)CN(C)CC4)CCC3)ccn1. The Hall–Kier alpha value is -3.43. The molecule has 2 aromatic carbocycles. The topological polar surface area (TPSA) is 101 Å². The molecule has 2 aliphatic rings. The normalized spacial score (nSPS) is 15.3. The van der Waals surface area contributed by atoms with E-state index in [0.29, 0.717) is 18.1 Å². The lowest BCUT2D eigenvalue weighted by atomic mass is 9.98. The highest BCUT2D eigenvalue weighted by molar-refractivity contribution is 7.90. The number of anilines is 1. The van der Waals surface area contributed by atoms with Crippen molar-refractivity contribution >= 4 is 21.7 Å². The maximum Gasteiger partial charge on any atom is 0.333 e. The number of pyridine rings is 1. The van der Waals surface area contributed by atoms with Crippen molar-refractivity contribution in [3.05, 3.63) is 70.9 Å². The fraction of sp³-hybridized carbons (Fsp3) is 0.308. The molecule has 3 aromatic rings. The lowest BCUT2D eigenvalue weighted by molar-refractivity contribution is 0.256. The van der Waals surface area contributed by atoms with Crippen molar-refractivity contribution in [2.24, 2.45) is 0 Å². The number of aromatic nitrogens is 1. The van der Waals surface area contributed by atoms with Crippen LogP contribution >= 0.6 is 0 Å². The van der Waals surface area contributed by atoms with Gasteiger partial charge in [0.25, 0.3) is 10.0 Å². The van der Waals surface area contributed by atoms with Gasteiger partial charge in [0, 0.05) is 30.9 Å². The Bertz CT molecular complexity index is 1400. The molecule has 0 fully saturated rings. The van der Waals surface area contributed by atoms with Crippen LogP contribution in [0.15, 0.2) is 53.6 Å². The standard InChI is InChI=1S/C26H28N4O4S/c1-30-13-11-17-6-8-21(14-20(17)16-30)35(32,33)29-26(31)28-25-22-5-3-4-18(22)7-9-23(25)19-10-12-27-24(15-19)34-2/h6-10,12,14-15H,3-5,11,13,16H2,1-2H3,(H2,28,29,31). The molecule has 1 aliphatic carbocycles. The number of aryl methyl sites for hydroxylation is 1. The number of nitrogens with one attached hydrogen (secondary N) is 2. The summed E-state index contributed by atoms with van der Waals surface area (Å²) in [5, 5.41) is 2.84. The van der Waals surface area contributed by atoms with E-state index in [1.54, 1.807) is 31.5 Å². The number of nitrogens with zero attached hydrogens (tertiary/aromatic N) is 2. The number of carbonyl (C=O) groups excluding carboxylic acids is 1. The highest BCUT2D eigenvalue weighted by Crippen LogP contribution is 2.38. The van der Waals surface area contributed by atoms with Gasteiger partial charge >= 0.3 is 6.03 Å². The van der Waals surface area contributed by atoms with Gasteiger partial charge in [-0.15, -0.1) is 0 Å². The first-order valence-electron chi connectivity index (χ1n) is 11.6. The number of ether oxygens (including phenoxy) is 1. The first-order valence-corrected chi connectivity index (χ1v) is 13.1. The van der Waals surface area contributed by atoms with Gasteiger partial charge in [-0.25, -0.2) is 22.9 Å². The monoisotopic (exact) mass is 492 g/mol. The van der Waals surface area contributed by atoms with E-state index >= 15 is 0 Å². The Morgan fingerprint density at radius 3 is 2.69 bits per heavy atom. The largest absolute Gasteiger partial charge is 0.481 e. The van der Waals surface area contributed by atoms with Gasteiger partial charge in [-0.2, -0.15) is 0 Å². The number of likely N-dealkylation sites (N-methyl/N-ethyl adjacent to an activating group) is 1. The molecule has 1 aromatic heterocycles. The number of urea groups is 1. The van der Waals surface area contributed by atoms with Gasteiger partial charge < -0.3 is 15.0 Å². The van der Waals surface area contributed by atoms with Gasteiger partial charge in [-0.3, -0.25) is 0 Å². The molecule has 1 aliphatic heterocycles. The zero-order valence-corrected chi connectivity index (χ0v) is 20.6. The van der Waals surface area contributed by atoms with E-state index in [2.05, 4.69) is 26.0 Å². The van der Waals surface area contributed by atoms with Crippen LogP contribution in [0.4, 0.5) is 10.5 Å². The Morgan fingerprint density at radius 1 is 1.03 bits per heavy atom. The van der Waals surface area contributed by atoms with Crippen LogP contribution in [0.3, 0.4) is 0 Å². The molecule has 0 saturated heterocycles. The van der Waals surface area contributed by atoms with Crippen LogP contribution in [0, 0.1) is 0 Å². The number of hydrogen-bond donors (Lipinski definition) is 2. The van der Waals surface area contributed by atoms with Gasteiger partial charge in [0.1, 0.15) is 0 Å². The van der Waals surface area contributed by atoms with Crippen LogP contribution < -0.4 is 14.8 Å². The molecular formula is C26H28N4O4S. The minimum atomic E-state index is -4.04. The molecule has 0 atom stereocenters. The van der Waals surface area contributed by atoms with E-state index in [4.69, 9.17) is 4.74 Å². The fourth-order valence-electron chi connectivity index (χ4n) is 4.90. The second kappa shape index (κ2) is 9.31. The smallest absolute Gasteiger partial charge is 0.333 e. The lowest BCUT2D eigenvalue weighted by Crippen LogP contribution is -2.35. The van der Waals surface area contributed by atoms with Crippen molar-refractivity contribution in [2.75, 3.05) is 26.0 Å². The highest BCUT2D eigenvalue weighted by atomic mass is 32.2. The van der Waals surface area contributed by atoms with Gasteiger partial charge in [0.05, 0.1) is 17.7 Å². The molecule has 35 heavy (non-hydrogen) atoms. The maximum absolute atomic E-state index is 13.1. The third-order valence-electron chi connectivity index (χ3n) is 6.69. The summed E-state index contributed by atoms with van der Waals surface area (Å²) >= 11 is 0. The summed E-state index contributed by atoms with van der Waals surface area (Å²) in [4.78, 5) is 19.4. The van der Waals surface area contributed by atoms with Crippen molar-refractivity contribution in [3.63, 3.8) is 0 Å². The highest BCUT2D eigenvalue weighted by Gasteiger charge is 2.24. The predicted molar refractivity (Wildman–Crippen MR) is 134 cm³/mol. The third-order valence-corrected chi connectivity index (χ3v) is 8.02. The molecule has 2 amide bonds. The fourth-order valence-corrected chi connectivity index (χ4v) is 5.86. The average Bonchev–Trinajstić information content (AvgIpc) is 3.33. The van der Waals surface area contributed by atoms with E-state index < -0.39 is 16.1 Å². The van der Waals surface area contributed by atoms with Gasteiger partial charge in [-0.05, 0) is 78.7 Å². The summed E-state index contributed by atoms with van der Waals surface area (Å²) in [6.07, 6.45) is 5.24. The lowest BCUT2D eigenvalue weighted by Gasteiger charge is -2.25. The first-order chi connectivity index (χ1) is 16.8. The minimum absolute atomic E-state index is 0.0825. The summed E-state index contributed by atoms with van der Waals surface area (Å²) in [5.41, 5.74) is 6.53. The number of methoxy groups -OCH3 is 1. The number of benzene rings is 2. The number of rotatable bonds is 5. The van der Waals surface area contributed by atoms with Crippen LogP contribution in [-0.2, 0) is 35.8 Å². The molecular weight excluding hydrogens is 464 g/mol. The molecule has 9 heteroatoms. The van der Waals surface area contributed by atoms with Crippen molar-refractivity contribution < 1.29 is 17.9 Å². The molecule has 0 saturated carbocycles. The van der Waals surface area contributed by atoms with Crippen LogP contribution in [0.25, 0.3) is 11.1 Å². The molecule has 182 valence electrons. The van der Waals surface area contributed by atoms with Crippen LogP contribution in [0.2, 0.25) is 0 Å². The third kappa shape index (κ3) is 4.74. The summed E-state index contributed by atoms with van der Waals surface area (Å²) in [6, 6.07) is 11.9. The van der Waals surface area contributed by atoms with Crippen molar-refractivity contribution in [2.45, 2.75) is 37.1 Å². The summed E-state index contributed by atoms with van der Waals surface area (Å²) < 4.78 is 33.6. The molecule has 2 heterocycles. The van der Waals surface area contributed by atoms with Crippen molar-refractivity contribution in [3.8, 4) is 17.0 Å². The van der Waals surface area contributed by atoms with Gasteiger partial charge in [0.15, 0.2) is 0 Å². The Labute approximate surface area is 205 Å². The minimum Gasteiger partial charge on any atom is -0.481 e. The number of carbonyl (C=O) groups is 1. The Morgan fingerprint density at radius 2 is 1.86 bits per heavy atom. The second-order valence-electron chi connectivity index (χ2n) is 9.04. The number of sulfonamides is 1. The number of hydrogen-bond acceptors (Lipinski definition) is 6. The first kappa shape index (κ1) is 23.3. The van der Waals surface area contributed by atoms with Crippen LogP contribution in [-0.4, -0.2) is 45.0 Å². The second-order valence-corrected chi connectivity index (χ2v) is 10.7. The predicted octanol–water partition coefficient (Wildman–Crippen LogP) is 3.74. The van der Waals surface area contributed by atoms with Gasteiger partial charge in [-0.1, -0.05) is 18.2 Å². The van der Waals surface area contributed by atoms with Gasteiger partial charge in [0.2, 0.25) is 5.88 Å². The molecule has 2 N–H and O–H groups in total. The quantitative estimate of drug-likeness (QED) is 0.563. The van der Waals surface area contributed by atoms with Crippen molar-refractivity contribution in [1.29, 1.82) is 0 Å². The Balaban J connectivity index is 1.43. The Kier molecular flexibility index (Phi) is 6.21. The maximum atomic E-state index is 13.1. The van der Waals surface area contributed by atoms with Crippen LogP contribution in [0.5, 0.6) is 5.88 Å². The van der Waals surface area contributed by atoms with E-state index in [0.717, 1.165) is 65.6 Å². The zero-order chi connectivity index (χ0) is 24.6. The molecule has 0 unspecified atom stereocenters. The van der Waals surface area contributed by atoms with E-state index in [1.165, 1.54) is 0 Å². The van der Waals surface area contributed by atoms with Crippen LogP contribution in [0.1, 0.15) is 28.7 Å². The molecule has 5 rings (SSSR count).